The van der Waals surface area contributed by atoms with E-state index in [9.17, 15) is 8.42 Å². The van der Waals surface area contributed by atoms with Crippen molar-refractivity contribution >= 4 is 82.3 Å². The van der Waals surface area contributed by atoms with Gasteiger partial charge in [-0.1, -0.05) is 64.7 Å². The Morgan fingerprint density at radius 2 is 1.32 bits per heavy atom. The number of hydrogen-bond acceptors (Lipinski definition) is 8. The van der Waals surface area contributed by atoms with Crippen molar-refractivity contribution in [3.8, 4) is 0 Å². The van der Waals surface area contributed by atoms with E-state index < -0.39 is 10.0 Å². The molecule has 0 bridgehead atoms. The van der Waals surface area contributed by atoms with Crippen LogP contribution < -0.4 is 0 Å². The first-order chi connectivity index (χ1) is 11.8. The highest BCUT2D eigenvalue weighted by atomic mass is 32.2. The fourth-order valence-electron chi connectivity index (χ4n) is 2.19. The summed E-state index contributed by atoms with van der Waals surface area (Å²) >= 11 is 15.2. The standard InChI is InChI=1S/C15H11NO2S7/c1-8-2-4-9(5-3-8)25(17,18)16-6-10-11(7-16)22-14(21-10)15-23-12(19)13(20)24-15/h2-7,19-20H,1H3. The van der Waals surface area contributed by atoms with E-state index in [2.05, 4.69) is 25.3 Å². The maximum absolute atomic E-state index is 12.8. The summed E-state index contributed by atoms with van der Waals surface area (Å²) in [5.74, 6) is 0. The number of thiol groups is 2. The van der Waals surface area contributed by atoms with Gasteiger partial charge in [0.05, 0.1) is 21.8 Å². The van der Waals surface area contributed by atoms with Gasteiger partial charge in [0.15, 0.2) is 0 Å². The summed E-state index contributed by atoms with van der Waals surface area (Å²) in [6.45, 7) is 1.93. The van der Waals surface area contributed by atoms with Crippen LogP contribution in [0.4, 0.5) is 0 Å². The van der Waals surface area contributed by atoms with Gasteiger partial charge >= 0.3 is 0 Å². The van der Waals surface area contributed by atoms with Crippen LogP contribution in [0.25, 0.3) is 0 Å². The van der Waals surface area contributed by atoms with E-state index in [0.717, 1.165) is 32.3 Å². The fourth-order valence-corrected chi connectivity index (χ4v) is 9.50. The molecule has 0 fully saturated rings. The average Bonchev–Trinajstić information content (AvgIpc) is 3.21. The molecule has 25 heavy (non-hydrogen) atoms. The van der Waals surface area contributed by atoms with Crippen LogP contribution in [0.1, 0.15) is 5.56 Å². The van der Waals surface area contributed by atoms with E-state index in [1.54, 1.807) is 71.6 Å². The summed E-state index contributed by atoms with van der Waals surface area (Å²) in [7, 11) is -3.56. The summed E-state index contributed by atoms with van der Waals surface area (Å²) in [6, 6.07) is 6.90. The van der Waals surface area contributed by atoms with Gasteiger partial charge in [-0.15, -0.1) is 25.3 Å². The van der Waals surface area contributed by atoms with Gasteiger partial charge in [0.2, 0.25) is 0 Å². The van der Waals surface area contributed by atoms with Crippen molar-refractivity contribution in [3.63, 3.8) is 0 Å². The lowest BCUT2D eigenvalue weighted by Crippen LogP contribution is -2.10. The zero-order chi connectivity index (χ0) is 17.8. The highest BCUT2D eigenvalue weighted by Gasteiger charge is 2.29. The van der Waals surface area contributed by atoms with E-state index in [4.69, 9.17) is 0 Å². The first-order valence-corrected chi connectivity index (χ1v) is 12.6. The van der Waals surface area contributed by atoms with E-state index in [1.165, 1.54) is 3.97 Å². The van der Waals surface area contributed by atoms with Gasteiger partial charge in [-0.2, -0.15) is 0 Å². The first kappa shape index (κ1) is 18.4. The van der Waals surface area contributed by atoms with Crippen LogP contribution in [0.15, 0.2) is 68.3 Å². The molecule has 0 saturated heterocycles. The predicted octanol–water partition coefficient (Wildman–Crippen LogP) is 5.82. The van der Waals surface area contributed by atoms with Gasteiger partial charge in [-0.05, 0) is 19.1 Å². The Bertz CT molecular complexity index is 991. The lowest BCUT2D eigenvalue weighted by Gasteiger charge is -2.07. The van der Waals surface area contributed by atoms with Gasteiger partial charge in [-0.3, -0.25) is 0 Å². The smallest absolute Gasteiger partial charge is 0.247 e. The number of thioether (sulfide) groups is 4. The molecule has 0 unspecified atom stereocenters. The van der Waals surface area contributed by atoms with E-state index in [-0.39, 0.29) is 0 Å². The second-order valence-corrected chi connectivity index (χ2v) is 13.2. The molecule has 1 aromatic heterocycles. The minimum absolute atomic E-state index is 0.297. The molecule has 10 heteroatoms. The number of nitrogens with zero attached hydrogens (tertiary/aromatic N) is 1. The van der Waals surface area contributed by atoms with Crippen LogP contribution in [0.5, 0.6) is 0 Å². The van der Waals surface area contributed by atoms with Crippen LogP contribution in [-0.2, 0) is 10.0 Å². The Balaban J connectivity index is 1.61. The number of rotatable bonds is 2. The third-order valence-corrected chi connectivity index (χ3v) is 11.8. The number of benzene rings is 1. The third kappa shape index (κ3) is 3.46. The monoisotopic (exact) mass is 461 g/mol. The summed E-state index contributed by atoms with van der Waals surface area (Å²) < 4.78 is 31.0. The number of aryl methyl sites for hydroxylation is 1. The van der Waals surface area contributed by atoms with Gasteiger partial charge in [0.1, 0.15) is 0 Å². The molecule has 0 N–H and O–H groups in total. The second-order valence-electron chi connectivity index (χ2n) is 5.23. The molecular formula is C15H11NO2S7. The lowest BCUT2D eigenvalue weighted by atomic mass is 10.2. The molecule has 0 amide bonds. The SMILES string of the molecule is Cc1ccc(S(=O)(=O)n2cc3c(c2)SC(=C2SC(S)=C(S)S2)S3)cc1. The Morgan fingerprint density at radius 1 is 0.840 bits per heavy atom. The summed E-state index contributed by atoms with van der Waals surface area (Å²) in [6.07, 6.45) is 3.38. The predicted molar refractivity (Wildman–Crippen MR) is 117 cm³/mol. The van der Waals surface area contributed by atoms with Crippen molar-refractivity contribution in [2.45, 2.75) is 21.6 Å². The molecule has 2 aliphatic rings. The van der Waals surface area contributed by atoms with Crippen molar-refractivity contribution in [2.24, 2.45) is 0 Å². The van der Waals surface area contributed by atoms with E-state index in [0.29, 0.717) is 4.90 Å². The summed E-state index contributed by atoms with van der Waals surface area (Å²) in [5, 5.41) is 0. The Hall–Kier alpha value is 0.0300. The van der Waals surface area contributed by atoms with Crippen molar-refractivity contribution in [1.29, 1.82) is 0 Å². The minimum atomic E-state index is -3.56. The zero-order valence-electron chi connectivity index (χ0n) is 12.7. The average molecular weight is 462 g/mol. The molecule has 0 aliphatic carbocycles. The van der Waals surface area contributed by atoms with Crippen LogP contribution >= 0.6 is 72.3 Å². The van der Waals surface area contributed by atoms with Crippen molar-refractivity contribution in [1.82, 2.24) is 3.97 Å². The third-order valence-electron chi connectivity index (χ3n) is 3.46. The van der Waals surface area contributed by atoms with Crippen molar-refractivity contribution < 1.29 is 8.42 Å². The molecule has 130 valence electrons. The van der Waals surface area contributed by atoms with Crippen LogP contribution in [0.2, 0.25) is 0 Å². The summed E-state index contributed by atoms with van der Waals surface area (Å²) in [4.78, 5) is 2.21. The molecular weight excluding hydrogens is 451 g/mol. The Morgan fingerprint density at radius 3 is 1.84 bits per heavy atom. The molecule has 3 heterocycles. The molecule has 0 radical (unpaired) electrons. The second kappa shape index (κ2) is 6.88. The topological polar surface area (TPSA) is 39.1 Å². The molecule has 3 nitrogen and oxygen atoms in total. The maximum Gasteiger partial charge on any atom is 0.267 e. The van der Waals surface area contributed by atoms with E-state index >= 15 is 0 Å². The molecule has 0 spiro atoms. The lowest BCUT2D eigenvalue weighted by molar-refractivity contribution is 0.587. The number of fused-ring (bicyclic) bond motifs is 1. The van der Waals surface area contributed by atoms with Crippen LogP contribution in [0, 0.1) is 6.92 Å². The Labute approximate surface area is 174 Å². The fraction of sp³-hybridized carbons (Fsp3) is 0.0667. The highest BCUT2D eigenvalue weighted by Crippen LogP contribution is 2.62. The van der Waals surface area contributed by atoms with Gasteiger partial charge in [0, 0.05) is 22.2 Å². The largest absolute Gasteiger partial charge is 0.267 e. The highest BCUT2D eigenvalue weighted by molar-refractivity contribution is 8.39. The number of aromatic nitrogens is 1. The Kier molecular flexibility index (Phi) is 5.07. The first-order valence-electron chi connectivity index (χ1n) is 6.97. The molecule has 4 rings (SSSR count). The van der Waals surface area contributed by atoms with E-state index in [1.807, 2.05) is 19.1 Å². The summed E-state index contributed by atoms with van der Waals surface area (Å²) in [5.41, 5.74) is 1.03. The molecule has 0 saturated carbocycles. The van der Waals surface area contributed by atoms with Crippen LogP contribution in [-0.4, -0.2) is 12.4 Å². The molecule has 0 atom stereocenters. The molecule has 1 aromatic carbocycles. The normalized spacial score (nSPS) is 17.6. The van der Waals surface area contributed by atoms with Crippen molar-refractivity contribution in [3.05, 3.63) is 59.2 Å². The van der Waals surface area contributed by atoms with Gasteiger partial charge in [0.25, 0.3) is 10.0 Å². The molecule has 2 aromatic rings. The van der Waals surface area contributed by atoms with Gasteiger partial charge in [-0.25, -0.2) is 12.4 Å². The van der Waals surface area contributed by atoms with Gasteiger partial charge < -0.3 is 0 Å². The zero-order valence-corrected chi connectivity index (χ0v) is 18.5. The molecule has 2 aliphatic heterocycles. The number of hydrogen-bond donors (Lipinski definition) is 2. The van der Waals surface area contributed by atoms with Crippen molar-refractivity contribution in [2.75, 3.05) is 0 Å². The minimum Gasteiger partial charge on any atom is -0.247 e. The quantitative estimate of drug-likeness (QED) is 0.549. The maximum atomic E-state index is 12.8. The van der Waals surface area contributed by atoms with Crippen LogP contribution in [0.3, 0.4) is 0 Å².